The quantitative estimate of drug-likeness (QED) is 0.831. The van der Waals surface area contributed by atoms with E-state index < -0.39 is 18.2 Å². The Hall–Kier alpha value is -1.14. The second-order valence-corrected chi connectivity index (χ2v) is 6.76. The van der Waals surface area contributed by atoms with Crippen molar-refractivity contribution in [3.63, 3.8) is 0 Å². The summed E-state index contributed by atoms with van der Waals surface area (Å²) < 4.78 is 11.2. The average Bonchev–Trinajstić information content (AvgIpc) is 2.89. The molecule has 4 atom stereocenters. The lowest BCUT2D eigenvalue weighted by atomic mass is 9.50. The maximum absolute atomic E-state index is 12.6. The summed E-state index contributed by atoms with van der Waals surface area (Å²) in [6.45, 7) is 2.72. The first-order chi connectivity index (χ1) is 10.5. The molecule has 6 nitrogen and oxygen atoms in total. The van der Waals surface area contributed by atoms with Gasteiger partial charge in [0.05, 0.1) is 6.10 Å². The van der Waals surface area contributed by atoms with E-state index in [2.05, 4.69) is 0 Å². The van der Waals surface area contributed by atoms with Crippen molar-refractivity contribution in [3.05, 3.63) is 0 Å². The van der Waals surface area contributed by atoms with Crippen molar-refractivity contribution in [1.29, 1.82) is 0 Å². The van der Waals surface area contributed by atoms with Crippen LogP contribution >= 0.6 is 0 Å². The van der Waals surface area contributed by atoms with Crippen LogP contribution in [0.3, 0.4) is 0 Å². The molecule has 0 bridgehead atoms. The highest BCUT2D eigenvalue weighted by molar-refractivity contribution is 5.83. The van der Waals surface area contributed by atoms with Gasteiger partial charge in [-0.05, 0) is 39.0 Å². The lowest BCUT2D eigenvalue weighted by Gasteiger charge is -2.63. The fraction of sp³-hybridized carbons (Fsp3) is 0.875. The van der Waals surface area contributed by atoms with E-state index in [1.165, 1.54) is 6.42 Å². The standard InChI is InChI=1S/C16H25NO5/c1-3-21-13-9-12(16(13)7-4-8-16)17(2)14(18)10-5-6-11(22-10)15(19)20/h10-13H,3-9H2,1-2H3,(H,19,20)/t10-,11+,12?,13?/m0/s1. The molecule has 124 valence electrons. The van der Waals surface area contributed by atoms with Gasteiger partial charge in [0.15, 0.2) is 6.10 Å². The van der Waals surface area contributed by atoms with Crippen LogP contribution in [0.1, 0.15) is 45.4 Å². The zero-order valence-electron chi connectivity index (χ0n) is 13.3. The van der Waals surface area contributed by atoms with Crippen LogP contribution in [0.25, 0.3) is 0 Å². The number of ether oxygens (including phenoxy) is 2. The van der Waals surface area contributed by atoms with Gasteiger partial charge in [-0.1, -0.05) is 6.42 Å². The molecule has 0 radical (unpaired) electrons. The number of rotatable bonds is 5. The van der Waals surface area contributed by atoms with Crippen LogP contribution in [0, 0.1) is 5.41 Å². The Morgan fingerprint density at radius 2 is 2.00 bits per heavy atom. The monoisotopic (exact) mass is 311 g/mol. The van der Waals surface area contributed by atoms with E-state index in [9.17, 15) is 9.59 Å². The highest BCUT2D eigenvalue weighted by Gasteiger charge is 2.61. The first-order valence-electron chi connectivity index (χ1n) is 8.26. The maximum Gasteiger partial charge on any atom is 0.332 e. The Morgan fingerprint density at radius 3 is 2.50 bits per heavy atom. The minimum atomic E-state index is -0.978. The van der Waals surface area contributed by atoms with Gasteiger partial charge in [0.25, 0.3) is 5.91 Å². The summed E-state index contributed by atoms with van der Waals surface area (Å²) in [6, 6.07) is 0.206. The molecule has 1 amide bonds. The molecule has 3 aliphatic rings. The van der Waals surface area contributed by atoms with Crippen LogP contribution in [0.4, 0.5) is 0 Å². The SMILES string of the molecule is CCOC1CC(N(C)C(=O)[C@@H]2CC[C@H](C(=O)O)O2)C12CCC2. The van der Waals surface area contributed by atoms with Crippen molar-refractivity contribution in [3.8, 4) is 0 Å². The van der Waals surface area contributed by atoms with Gasteiger partial charge in [-0.2, -0.15) is 0 Å². The molecule has 0 aromatic heterocycles. The molecule has 1 N–H and O–H groups in total. The lowest BCUT2D eigenvalue weighted by Crippen LogP contribution is -2.68. The molecule has 3 fully saturated rings. The smallest absolute Gasteiger partial charge is 0.332 e. The van der Waals surface area contributed by atoms with Crippen LogP contribution < -0.4 is 0 Å². The molecule has 6 heteroatoms. The number of nitrogens with zero attached hydrogens (tertiary/aromatic N) is 1. The minimum absolute atomic E-state index is 0.0741. The number of amides is 1. The molecular formula is C16H25NO5. The molecule has 2 aliphatic carbocycles. The van der Waals surface area contributed by atoms with Gasteiger partial charge in [0.1, 0.15) is 6.10 Å². The normalized spacial score (nSPS) is 35.7. The number of carboxylic acids is 1. The van der Waals surface area contributed by atoms with Gasteiger partial charge >= 0.3 is 5.97 Å². The van der Waals surface area contributed by atoms with Gasteiger partial charge in [0.2, 0.25) is 0 Å². The largest absolute Gasteiger partial charge is 0.479 e. The van der Waals surface area contributed by atoms with Crippen molar-refractivity contribution in [2.24, 2.45) is 5.41 Å². The van der Waals surface area contributed by atoms with Crippen LogP contribution in [-0.2, 0) is 19.1 Å². The van der Waals surface area contributed by atoms with E-state index in [0.29, 0.717) is 19.4 Å². The second kappa shape index (κ2) is 5.81. The van der Waals surface area contributed by atoms with Gasteiger partial charge in [-0.15, -0.1) is 0 Å². The third-order valence-corrected chi connectivity index (χ3v) is 5.78. The summed E-state index contributed by atoms with van der Waals surface area (Å²) in [5.41, 5.74) is 0.130. The Labute approximate surface area is 130 Å². The van der Waals surface area contributed by atoms with Gasteiger partial charge in [-0.3, -0.25) is 4.79 Å². The van der Waals surface area contributed by atoms with Crippen LogP contribution in [0.2, 0.25) is 0 Å². The summed E-state index contributed by atoms with van der Waals surface area (Å²) in [5.74, 6) is -1.05. The van der Waals surface area contributed by atoms with Gasteiger partial charge < -0.3 is 19.5 Å². The van der Waals surface area contributed by atoms with E-state index in [0.717, 1.165) is 19.3 Å². The zero-order valence-corrected chi connectivity index (χ0v) is 13.3. The molecule has 1 aliphatic heterocycles. The number of carbonyl (C=O) groups is 2. The summed E-state index contributed by atoms with van der Waals surface area (Å²) in [7, 11) is 1.83. The number of carbonyl (C=O) groups excluding carboxylic acids is 1. The van der Waals surface area contributed by atoms with Gasteiger partial charge in [0, 0.05) is 25.1 Å². The topological polar surface area (TPSA) is 76.1 Å². The second-order valence-electron chi connectivity index (χ2n) is 6.76. The molecular weight excluding hydrogens is 286 g/mol. The average molecular weight is 311 g/mol. The molecule has 1 saturated heterocycles. The third kappa shape index (κ3) is 2.33. The molecule has 1 spiro atoms. The number of hydrogen-bond donors (Lipinski definition) is 1. The maximum atomic E-state index is 12.6. The molecule has 1 heterocycles. The molecule has 0 aromatic rings. The Morgan fingerprint density at radius 1 is 1.32 bits per heavy atom. The van der Waals surface area contributed by atoms with Crippen molar-refractivity contribution >= 4 is 11.9 Å². The van der Waals surface area contributed by atoms with Crippen LogP contribution in [0.5, 0.6) is 0 Å². The summed E-state index contributed by atoms with van der Waals surface area (Å²) in [5, 5.41) is 8.98. The van der Waals surface area contributed by atoms with Crippen LogP contribution in [-0.4, -0.2) is 59.9 Å². The molecule has 2 unspecified atom stereocenters. The van der Waals surface area contributed by atoms with Gasteiger partial charge in [-0.25, -0.2) is 4.79 Å². The lowest BCUT2D eigenvalue weighted by molar-refractivity contribution is -0.205. The highest BCUT2D eigenvalue weighted by Crippen LogP contribution is 2.59. The fourth-order valence-electron chi connectivity index (χ4n) is 4.33. The van der Waals surface area contributed by atoms with E-state index in [1.54, 1.807) is 4.90 Å². The number of carboxylic acid groups (broad SMARTS) is 1. The van der Waals surface area contributed by atoms with Crippen molar-refractivity contribution in [2.75, 3.05) is 13.7 Å². The third-order valence-electron chi connectivity index (χ3n) is 5.78. The molecule has 3 rings (SSSR count). The number of likely N-dealkylation sites (N-methyl/N-ethyl adjacent to an activating group) is 1. The number of aliphatic carboxylic acids is 1. The predicted molar refractivity (Wildman–Crippen MR) is 78.4 cm³/mol. The Balaban J connectivity index is 1.61. The predicted octanol–water partition coefficient (Wildman–Crippen LogP) is 1.42. The molecule has 0 aromatic carbocycles. The summed E-state index contributed by atoms with van der Waals surface area (Å²) >= 11 is 0. The van der Waals surface area contributed by atoms with E-state index in [1.807, 2.05) is 14.0 Å². The van der Waals surface area contributed by atoms with Crippen molar-refractivity contribution in [2.45, 2.75) is 69.8 Å². The molecule has 2 saturated carbocycles. The van der Waals surface area contributed by atoms with E-state index in [-0.39, 0.29) is 23.5 Å². The summed E-state index contributed by atoms with van der Waals surface area (Å²) in [6.07, 6.45) is 4.04. The van der Waals surface area contributed by atoms with Crippen molar-refractivity contribution in [1.82, 2.24) is 4.90 Å². The molecule has 22 heavy (non-hydrogen) atoms. The fourth-order valence-corrected chi connectivity index (χ4v) is 4.33. The highest BCUT2D eigenvalue weighted by atomic mass is 16.5. The Bertz CT molecular complexity index is 461. The zero-order chi connectivity index (χ0) is 15.9. The van der Waals surface area contributed by atoms with E-state index >= 15 is 0 Å². The van der Waals surface area contributed by atoms with Crippen molar-refractivity contribution < 1.29 is 24.2 Å². The summed E-state index contributed by atoms with van der Waals surface area (Å²) in [4.78, 5) is 25.4. The first kappa shape index (κ1) is 15.7. The minimum Gasteiger partial charge on any atom is -0.479 e. The van der Waals surface area contributed by atoms with E-state index in [4.69, 9.17) is 14.6 Å². The number of hydrogen-bond acceptors (Lipinski definition) is 4. The van der Waals surface area contributed by atoms with Crippen LogP contribution in [0.15, 0.2) is 0 Å². The first-order valence-corrected chi connectivity index (χ1v) is 8.26. The Kier molecular flexibility index (Phi) is 4.16.